The van der Waals surface area contributed by atoms with E-state index >= 15 is 0 Å². The fourth-order valence-electron chi connectivity index (χ4n) is 4.53. The molecule has 1 saturated carbocycles. The number of Topliss-reactive ketones (excluding diaryl/α,β-unsaturated/α-hetero) is 1. The third-order valence-corrected chi connectivity index (χ3v) is 7.48. The molecule has 2 aliphatic rings. The molecule has 0 radical (unpaired) electrons. The molecule has 8 heteroatoms. The van der Waals surface area contributed by atoms with E-state index in [4.69, 9.17) is 16.3 Å². The Morgan fingerprint density at radius 3 is 2.66 bits per heavy atom. The lowest BCUT2D eigenvalue weighted by Crippen LogP contribution is -2.17. The molecular weight excluding hydrogens is 444 g/mol. The topological polar surface area (TPSA) is 61.9 Å². The molecule has 1 saturated heterocycles. The summed E-state index contributed by atoms with van der Waals surface area (Å²) in [7, 11) is 0. The summed E-state index contributed by atoms with van der Waals surface area (Å²) in [5.41, 5.74) is 4.03. The van der Waals surface area contributed by atoms with Gasteiger partial charge < -0.3 is 9.30 Å². The van der Waals surface area contributed by atoms with E-state index in [1.807, 2.05) is 30.3 Å². The Balaban J connectivity index is 1.37. The van der Waals surface area contributed by atoms with E-state index < -0.39 is 0 Å². The number of thioether (sulfide) groups is 1. The van der Waals surface area contributed by atoms with Gasteiger partial charge in [0.1, 0.15) is 0 Å². The Bertz CT molecular complexity index is 1130. The average Bonchev–Trinajstić information content (AvgIpc) is 3.18. The predicted octanol–water partition coefficient (Wildman–Crippen LogP) is 5.51. The number of ketones is 1. The summed E-state index contributed by atoms with van der Waals surface area (Å²) >= 11 is 7.52. The normalized spacial score (nSPS) is 18.4. The maximum Gasteiger partial charge on any atom is 0.192 e. The third-order valence-electron chi connectivity index (χ3n) is 6.26. The van der Waals surface area contributed by atoms with Crippen LogP contribution in [0.2, 0.25) is 5.02 Å². The number of rotatable bonds is 8. The molecule has 1 aromatic carbocycles. The van der Waals surface area contributed by atoms with E-state index in [0.717, 1.165) is 47.3 Å². The number of halogens is 1. The van der Waals surface area contributed by atoms with Gasteiger partial charge in [-0.05, 0) is 69.9 Å². The zero-order valence-electron chi connectivity index (χ0n) is 18.4. The second-order valence-electron chi connectivity index (χ2n) is 8.66. The number of benzene rings is 1. The highest BCUT2D eigenvalue weighted by Crippen LogP contribution is 2.38. The third kappa shape index (κ3) is 4.38. The molecule has 0 spiro atoms. The minimum atomic E-state index is 0.134. The van der Waals surface area contributed by atoms with E-state index in [-0.39, 0.29) is 11.9 Å². The van der Waals surface area contributed by atoms with Crippen molar-refractivity contribution in [2.24, 2.45) is 0 Å². The summed E-state index contributed by atoms with van der Waals surface area (Å²) in [6.45, 7) is 5.62. The van der Waals surface area contributed by atoms with E-state index in [0.29, 0.717) is 23.4 Å². The van der Waals surface area contributed by atoms with Crippen molar-refractivity contribution >= 4 is 29.1 Å². The van der Waals surface area contributed by atoms with Crippen molar-refractivity contribution in [3.8, 4) is 11.4 Å². The zero-order chi connectivity index (χ0) is 22.2. The highest BCUT2D eigenvalue weighted by molar-refractivity contribution is 7.99. The molecule has 168 valence electrons. The van der Waals surface area contributed by atoms with Gasteiger partial charge in [-0.15, -0.1) is 10.2 Å². The van der Waals surface area contributed by atoms with Gasteiger partial charge in [0, 0.05) is 40.2 Å². The molecule has 0 unspecified atom stereocenters. The predicted molar refractivity (Wildman–Crippen MR) is 127 cm³/mol. The number of hydrogen-bond acceptors (Lipinski definition) is 5. The van der Waals surface area contributed by atoms with E-state index in [2.05, 4.69) is 33.2 Å². The fraction of sp³-hybridized carbons (Fsp3) is 0.458. The monoisotopic (exact) mass is 470 g/mol. The number of aromatic nitrogens is 4. The van der Waals surface area contributed by atoms with Gasteiger partial charge in [-0.25, -0.2) is 0 Å². The van der Waals surface area contributed by atoms with Crippen molar-refractivity contribution in [2.75, 3.05) is 12.4 Å². The van der Waals surface area contributed by atoms with Crippen LogP contribution in [0.4, 0.5) is 0 Å². The molecule has 2 aromatic heterocycles. The molecule has 1 aliphatic carbocycles. The van der Waals surface area contributed by atoms with Crippen molar-refractivity contribution in [1.82, 2.24) is 19.3 Å². The number of carbonyl (C=O) groups is 1. The van der Waals surface area contributed by atoms with Crippen LogP contribution in [0, 0.1) is 13.8 Å². The second-order valence-corrected chi connectivity index (χ2v) is 10.0. The highest BCUT2D eigenvalue weighted by Gasteiger charge is 2.29. The highest BCUT2D eigenvalue weighted by atomic mass is 35.5. The van der Waals surface area contributed by atoms with Crippen LogP contribution in [0.25, 0.3) is 11.4 Å². The van der Waals surface area contributed by atoms with Crippen molar-refractivity contribution < 1.29 is 9.53 Å². The zero-order valence-corrected chi connectivity index (χ0v) is 20.0. The smallest absolute Gasteiger partial charge is 0.192 e. The van der Waals surface area contributed by atoms with Gasteiger partial charge in [0.2, 0.25) is 0 Å². The van der Waals surface area contributed by atoms with Crippen LogP contribution >= 0.6 is 23.4 Å². The Morgan fingerprint density at radius 1 is 1.19 bits per heavy atom. The summed E-state index contributed by atoms with van der Waals surface area (Å²) in [4.78, 5) is 13.1. The fourth-order valence-corrected chi connectivity index (χ4v) is 5.48. The van der Waals surface area contributed by atoms with Gasteiger partial charge in [0.15, 0.2) is 16.8 Å². The molecule has 1 atom stereocenters. The second kappa shape index (κ2) is 9.04. The number of aryl methyl sites for hydroxylation is 1. The lowest BCUT2D eigenvalue weighted by Gasteiger charge is -2.14. The number of hydrogen-bond donors (Lipinski definition) is 0. The van der Waals surface area contributed by atoms with Crippen molar-refractivity contribution in [2.45, 2.75) is 63.4 Å². The van der Waals surface area contributed by atoms with Gasteiger partial charge in [-0.1, -0.05) is 23.4 Å². The Kier molecular flexibility index (Phi) is 6.14. The maximum absolute atomic E-state index is 13.1. The standard InChI is InChI=1S/C24H27ClN4O2S/c1-15-12-21(16(2)29(15)19-9-10-19)22(30)14-32-24-27-26-23(17-5-7-18(25)8-6-17)28(24)13-20-4-3-11-31-20/h5-8,12,19-20H,3-4,9-11,13-14H2,1-2H3/t20-/m0/s1. The number of ether oxygens (including phenoxy) is 1. The van der Waals surface area contributed by atoms with Gasteiger partial charge in [0.05, 0.1) is 18.4 Å². The molecule has 0 N–H and O–H groups in total. The number of nitrogens with zero attached hydrogens (tertiary/aromatic N) is 4. The van der Waals surface area contributed by atoms with Crippen LogP contribution in [0.15, 0.2) is 35.5 Å². The molecule has 3 aromatic rings. The van der Waals surface area contributed by atoms with E-state index in [1.165, 1.54) is 30.3 Å². The van der Waals surface area contributed by atoms with Crippen LogP contribution in [0.3, 0.4) is 0 Å². The molecular formula is C24H27ClN4O2S. The largest absolute Gasteiger partial charge is 0.376 e. The van der Waals surface area contributed by atoms with Gasteiger partial charge in [-0.2, -0.15) is 0 Å². The summed E-state index contributed by atoms with van der Waals surface area (Å²) in [6.07, 6.45) is 4.65. The van der Waals surface area contributed by atoms with E-state index in [1.54, 1.807) is 0 Å². The molecule has 6 nitrogen and oxygen atoms in total. The molecule has 5 rings (SSSR count). The SMILES string of the molecule is Cc1cc(C(=O)CSc2nnc(-c3ccc(Cl)cc3)n2C[C@@H]2CCCO2)c(C)n1C1CC1. The molecule has 0 bridgehead atoms. The van der Waals surface area contributed by atoms with Crippen LogP contribution < -0.4 is 0 Å². The average molecular weight is 471 g/mol. The quantitative estimate of drug-likeness (QED) is 0.321. The molecule has 2 fully saturated rings. The van der Waals surface area contributed by atoms with Crippen LogP contribution in [0.1, 0.15) is 53.5 Å². The van der Waals surface area contributed by atoms with E-state index in [9.17, 15) is 4.79 Å². The van der Waals surface area contributed by atoms with Crippen molar-refractivity contribution in [1.29, 1.82) is 0 Å². The lowest BCUT2D eigenvalue weighted by atomic mass is 10.2. The maximum atomic E-state index is 13.1. The first-order chi connectivity index (χ1) is 15.5. The molecule has 32 heavy (non-hydrogen) atoms. The molecule has 1 aliphatic heterocycles. The first kappa shape index (κ1) is 21.7. The van der Waals surface area contributed by atoms with Crippen LogP contribution in [-0.4, -0.2) is 43.6 Å². The molecule has 3 heterocycles. The Labute approximate surface area is 197 Å². The number of carbonyl (C=O) groups excluding carboxylic acids is 1. The van der Waals surface area contributed by atoms with Gasteiger partial charge in [-0.3, -0.25) is 9.36 Å². The van der Waals surface area contributed by atoms with Crippen molar-refractivity contribution in [3.05, 3.63) is 52.3 Å². The molecule has 0 amide bonds. The summed E-state index contributed by atoms with van der Waals surface area (Å²) in [5, 5.41) is 10.3. The first-order valence-corrected chi connectivity index (χ1v) is 12.5. The first-order valence-electron chi connectivity index (χ1n) is 11.2. The summed E-state index contributed by atoms with van der Waals surface area (Å²) in [5.74, 6) is 1.24. The Hall–Kier alpha value is -2.09. The lowest BCUT2D eigenvalue weighted by molar-refractivity contribution is 0.0953. The minimum Gasteiger partial charge on any atom is -0.376 e. The van der Waals surface area contributed by atoms with Crippen LogP contribution in [-0.2, 0) is 11.3 Å². The van der Waals surface area contributed by atoms with Gasteiger partial charge in [0.25, 0.3) is 0 Å². The summed E-state index contributed by atoms with van der Waals surface area (Å²) in [6, 6.07) is 10.2. The van der Waals surface area contributed by atoms with Crippen LogP contribution in [0.5, 0.6) is 0 Å². The minimum absolute atomic E-state index is 0.134. The van der Waals surface area contributed by atoms with Crippen molar-refractivity contribution in [3.63, 3.8) is 0 Å². The Morgan fingerprint density at radius 2 is 1.97 bits per heavy atom. The summed E-state index contributed by atoms with van der Waals surface area (Å²) < 4.78 is 10.3. The van der Waals surface area contributed by atoms with Gasteiger partial charge >= 0.3 is 0 Å².